The van der Waals surface area contributed by atoms with Crippen molar-refractivity contribution in [1.82, 2.24) is 10.6 Å². The number of hydrogen-bond acceptors (Lipinski definition) is 4. The van der Waals surface area contributed by atoms with Gasteiger partial charge in [-0.1, -0.05) is 30.3 Å². The van der Waals surface area contributed by atoms with Crippen LogP contribution >= 0.6 is 11.3 Å². The van der Waals surface area contributed by atoms with Gasteiger partial charge >= 0.3 is 6.03 Å². The number of urea groups is 1. The molecule has 0 aliphatic heterocycles. The van der Waals surface area contributed by atoms with E-state index in [4.69, 9.17) is 4.74 Å². The van der Waals surface area contributed by atoms with Crippen molar-refractivity contribution in [2.75, 3.05) is 13.7 Å². The van der Waals surface area contributed by atoms with Crippen molar-refractivity contribution in [1.29, 1.82) is 0 Å². The lowest BCUT2D eigenvalue weighted by atomic mass is 10.0. The molecule has 2 aromatic carbocycles. The molecule has 0 fully saturated rings. The van der Waals surface area contributed by atoms with Gasteiger partial charge in [0.2, 0.25) is 0 Å². The monoisotopic (exact) mass is 370 g/mol. The van der Waals surface area contributed by atoms with Crippen LogP contribution in [0.5, 0.6) is 5.75 Å². The van der Waals surface area contributed by atoms with E-state index in [1.807, 2.05) is 54.6 Å². The number of aliphatic hydroxyl groups is 1. The van der Waals surface area contributed by atoms with Crippen LogP contribution in [0.1, 0.15) is 17.4 Å². The van der Waals surface area contributed by atoms with Crippen molar-refractivity contribution in [2.45, 2.75) is 19.1 Å². The Morgan fingerprint density at radius 1 is 1.15 bits per heavy atom. The number of carbonyl (C=O) groups excluding carboxylic acids is 1. The van der Waals surface area contributed by atoms with Gasteiger partial charge in [0.15, 0.2) is 0 Å². The molecule has 1 atom stereocenters. The second-order valence-corrected chi connectivity index (χ2v) is 7.39. The highest BCUT2D eigenvalue weighted by atomic mass is 32.1. The van der Waals surface area contributed by atoms with Crippen LogP contribution in [0.4, 0.5) is 4.79 Å². The first-order chi connectivity index (χ1) is 12.5. The average molecular weight is 370 g/mol. The van der Waals surface area contributed by atoms with E-state index in [2.05, 4.69) is 10.6 Å². The maximum absolute atomic E-state index is 12.0. The van der Waals surface area contributed by atoms with Gasteiger partial charge in [-0.25, -0.2) is 4.79 Å². The Hall–Kier alpha value is -2.57. The van der Waals surface area contributed by atoms with Gasteiger partial charge in [-0.15, -0.1) is 11.3 Å². The summed E-state index contributed by atoms with van der Waals surface area (Å²) in [6, 6.07) is 17.1. The number of benzene rings is 2. The van der Waals surface area contributed by atoms with Gasteiger partial charge in [-0.3, -0.25) is 0 Å². The molecular formula is C20H22N2O3S. The maximum Gasteiger partial charge on any atom is 0.315 e. The number of nitrogens with one attached hydrogen (secondary N) is 2. The summed E-state index contributed by atoms with van der Waals surface area (Å²) in [7, 11) is 1.61. The summed E-state index contributed by atoms with van der Waals surface area (Å²) in [5.41, 5.74) is -0.154. The zero-order valence-electron chi connectivity index (χ0n) is 14.8. The van der Waals surface area contributed by atoms with Crippen molar-refractivity contribution in [2.24, 2.45) is 0 Å². The molecule has 1 aromatic heterocycles. The highest BCUT2D eigenvalue weighted by molar-refractivity contribution is 7.19. The lowest BCUT2D eigenvalue weighted by Gasteiger charge is -2.22. The lowest BCUT2D eigenvalue weighted by Crippen LogP contribution is -2.42. The standard InChI is InChI=1S/C20H22N2O3S/c1-20(24,18-11-15-5-3-4-6-17(15)26-18)13-22-19(23)21-12-14-7-9-16(25-2)10-8-14/h3-11,24H,12-13H2,1-2H3,(H2,21,22,23)/t20-/m0/s1. The minimum absolute atomic E-state index is 0.133. The second kappa shape index (κ2) is 7.76. The molecule has 26 heavy (non-hydrogen) atoms. The first-order valence-corrected chi connectivity index (χ1v) is 9.16. The van der Waals surface area contributed by atoms with Gasteiger partial charge in [-0.05, 0) is 42.1 Å². The van der Waals surface area contributed by atoms with E-state index < -0.39 is 5.60 Å². The zero-order valence-corrected chi connectivity index (χ0v) is 15.6. The van der Waals surface area contributed by atoms with Crippen LogP contribution in [-0.4, -0.2) is 24.8 Å². The topological polar surface area (TPSA) is 70.6 Å². The first kappa shape index (κ1) is 18.2. The number of rotatable bonds is 6. The Morgan fingerprint density at radius 2 is 1.88 bits per heavy atom. The van der Waals surface area contributed by atoms with E-state index in [0.29, 0.717) is 6.54 Å². The van der Waals surface area contributed by atoms with Crippen LogP contribution in [0, 0.1) is 0 Å². The van der Waals surface area contributed by atoms with Crippen LogP contribution < -0.4 is 15.4 Å². The minimum Gasteiger partial charge on any atom is -0.497 e. The van der Waals surface area contributed by atoms with E-state index in [0.717, 1.165) is 26.3 Å². The molecule has 136 valence electrons. The fraction of sp³-hybridized carbons (Fsp3) is 0.250. The SMILES string of the molecule is COc1ccc(CNC(=O)NC[C@](C)(O)c2cc3ccccc3s2)cc1. The normalized spacial score (nSPS) is 13.2. The summed E-state index contributed by atoms with van der Waals surface area (Å²) in [6.45, 7) is 2.25. The number of carbonyl (C=O) groups is 1. The number of fused-ring (bicyclic) bond motifs is 1. The molecule has 5 nitrogen and oxygen atoms in total. The molecule has 0 radical (unpaired) electrons. The predicted octanol–water partition coefficient (Wildman–Crippen LogP) is 3.62. The van der Waals surface area contributed by atoms with Crippen LogP contribution in [-0.2, 0) is 12.1 Å². The highest BCUT2D eigenvalue weighted by Crippen LogP contribution is 2.32. The van der Waals surface area contributed by atoms with Crippen molar-refractivity contribution in [3.63, 3.8) is 0 Å². The lowest BCUT2D eigenvalue weighted by molar-refractivity contribution is 0.0632. The van der Waals surface area contributed by atoms with Gasteiger partial charge in [0.1, 0.15) is 11.4 Å². The second-order valence-electron chi connectivity index (χ2n) is 6.31. The third-order valence-corrected chi connectivity index (χ3v) is 5.53. The van der Waals surface area contributed by atoms with E-state index in [1.54, 1.807) is 14.0 Å². The Labute approximate surface area is 156 Å². The molecule has 6 heteroatoms. The Morgan fingerprint density at radius 3 is 2.58 bits per heavy atom. The smallest absolute Gasteiger partial charge is 0.315 e. The van der Waals surface area contributed by atoms with Crippen molar-refractivity contribution < 1.29 is 14.6 Å². The molecule has 0 aliphatic rings. The molecule has 0 bridgehead atoms. The van der Waals surface area contributed by atoms with Crippen LogP contribution in [0.25, 0.3) is 10.1 Å². The Bertz CT molecular complexity index is 854. The summed E-state index contributed by atoms with van der Waals surface area (Å²) in [6.07, 6.45) is 0. The van der Waals surface area contributed by atoms with Crippen molar-refractivity contribution >= 4 is 27.5 Å². The molecule has 3 aromatic rings. The summed E-state index contributed by atoms with van der Waals surface area (Å²) < 4.78 is 6.23. The molecule has 3 rings (SSSR count). The predicted molar refractivity (Wildman–Crippen MR) is 105 cm³/mol. The van der Waals surface area contributed by atoms with Crippen LogP contribution in [0.3, 0.4) is 0 Å². The average Bonchev–Trinajstić information content (AvgIpc) is 3.10. The number of hydrogen-bond donors (Lipinski definition) is 3. The van der Waals surface area contributed by atoms with Gasteiger partial charge in [0.25, 0.3) is 0 Å². The first-order valence-electron chi connectivity index (χ1n) is 8.34. The molecule has 0 saturated heterocycles. The van der Waals surface area contributed by atoms with Gasteiger partial charge in [0, 0.05) is 16.1 Å². The molecule has 2 amide bonds. The van der Waals surface area contributed by atoms with Crippen molar-refractivity contribution in [3.8, 4) is 5.75 Å². The molecule has 0 saturated carbocycles. The summed E-state index contributed by atoms with van der Waals surface area (Å²) >= 11 is 1.54. The molecule has 0 aliphatic carbocycles. The number of ether oxygens (including phenoxy) is 1. The Kier molecular flexibility index (Phi) is 5.44. The highest BCUT2D eigenvalue weighted by Gasteiger charge is 2.26. The summed E-state index contributed by atoms with van der Waals surface area (Å²) in [5, 5.41) is 17.4. The Balaban J connectivity index is 1.53. The van der Waals surface area contributed by atoms with E-state index in [1.165, 1.54) is 11.3 Å². The molecule has 0 spiro atoms. The molecule has 1 heterocycles. The summed E-state index contributed by atoms with van der Waals surface area (Å²) in [4.78, 5) is 12.9. The fourth-order valence-electron chi connectivity index (χ4n) is 2.58. The van der Waals surface area contributed by atoms with Crippen LogP contribution in [0.2, 0.25) is 0 Å². The van der Waals surface area contributed by atoms with Gasteiger partial charge in [-0.2, -0.15) is 0 Å². The van der Waals surface area contributed by atoms with E-state index >= 15 is 0 Å². The molecular weight excluding hydrogens is 348 g/mol. The zero-order chi connectivity index (χ0) is 18.6. The summed E-state index contributed by atoms with van der Waals surface area (Å²) in [5.74, 6) is 0.776. The van der Waals surface area contributed by atoms with E-state index in [-0.39, 0.29) is 12.6 Å². The maximum atomic E-state index is 12.0. The minimum atomic E-state index is -1.12. The number of thiophene rings is 1. The molecule has 0 unspecified atom stereocenters. The quantitative estimate of drug-likeness (QED) is 0.621. The van der Waals surface area contributed by atoms with Gasteiger partial charge in [0.05, 0.1) is 13.7 Å². The third kappa shape index (κ3) is 4.33. The largest absolute Gasteiger partial charge is 0.497 e. The fourth-order valence-corrected chi connectivity index (χ4v) is 3.68. The molecule has 3 N–H and O–H groups in total. The number of methoxy groups -OCH3 is 1. The van der Waals surface area contributed by atoms with Crippen molar-refractivity contribution in [3.05, 3.63) is 65.0 Å². The number of amides is 2. The third-order valence-electron chi connectivity index (χ3n) is 4.16. The van der Waals surface area contributed by atoms with E-state index in [9.17, 15) is 9.90 Å². The van der Waals surface area contributed by atoms with Crippen LogP contribution in [0.15, 0.2) is 54.6 Å². The van der Waals surface area contributed by atoms with Gasteiger partial charge < -0.3 is 20.5 Å².